The maximum Gasteiger partial charge on any atom is 0.407 e. The highest BCUT2D eigenvalue weighted by atomic mass is 79.9. The molecule has 2 amide bonds. The third-order valence-electron chi connectivity index (χ3n) is 3.00. The van der Waals surface area contributed by atoms with Gasteiger partial charge in [0.15, 0.2) is 0 Å². The summed E-state index contributed by atoms with van der Waals surface area (Å²) in [7, 11) is 0. The Kier molecular flexibility index (Phi) is 7.55. The Hall–Kier alpha value is -1.56. The van der Waals surface area contributed by atoms with E-state index in [1.165, 1.54) is 0 Å². The van der Waals surface area contributed by atoms with Gasteiger partial charge in [-0.3, -0.25) is 4.79 Å². The predicted octanol–water partition coefficient (Wildman–Crippen LogP) is 3.93. The van der Waals surface area contributed by atoms with Gasteiger partial charge in [0.2, 0.25) is 5.91 Å². The van der Waals surface area contributed by atoms with E-state index in [4.69, 9.17) is 4.74 Å². The average Bonchev–Trinajstić information content (AvgIpc) is 2.42. The second kappa shape index (κ2) is 8.91. The lowest BCUT2D eigenvalue weighted by Gasteiger charge is -2.19. The van der Waals surface area contributed by atoms with E-state index in [0.29, 0.717) is 19.4 Å². The van der Waals surface area contributed by atoms with Gasteiger partial charge in [-0.1, -0.05) is 28.1 Å². The summed E-state index contributed by atoms with van der Waals surface area (Å²) >= 11 is 3.39. The number of hydrogen-bond donors (Lipinski definition) is 2. The number of ether oxygens (including phenoxy) is 1. The number of amides is 2. The fraction of sp³-hybridized carbons (Fsp3) is 0.529. The van der Waals surface area contributed by atoms with Gasteiger partial charge in [-0.2, -0.15) is 0 Å². The summed E-state index contributed by atoms with van der Waals surface area (Å²) in [6.45, 7) is 7.78. The van der Waals surface area contributed by atoms with Crippen molar-refractivity contribution in [3.05, 3.63) is 34.3 Å². The molecule has 6 heteroatoms. The summed E-state index contributed by atoms with van der Waals surface area (Å²) in [5.74, 6) is -0.0357. The molecular weight excluding hydrogens is 360 g/mol. The first-order valence-corrected chi connectivity index (χ1v) is 8.48. The highest BCUT2D eigenvalue weighted by molar-refractivity contribution is 9.10. The molecule has 5 nitrogen and oxygen atoms in total. The molecule has 1 atom stereocenters. The zero-order valence-corrected chi connectivity index (χ0v) is 15.7. The van der Waals surface area contributed by atoms with Crippen molar-refractivity contribution in [3.8, 4) is 0 Å². The number of benzene rings is 1. The number of nitrogens with one attached hydrogen (secondary N) is 2. The molecule has 0 aliphatic carbocycles. The van der Waals surface area contributed by atoms with Gasteiger partial charge >= 0.3 is 6.09 Å². The minimum Gasteiger partial charge on any atom is -0.444 e. The Bertz CT molecular complexity index is 524. The maximum atomic E-state index is 11.9. The molecule has 2 N–H and O–H groups in total. The first kappa shape index (κ1) is 19.5. The van der Waals surface area contributed by atoms with E-state index in [1.54, 1.807) is 0 Å². The molecule has 0 heterocycles. The summed E-state index contributed by atoms with van der Waals surface area (Å²) in [4.78, 5) is 23.4. The third kappa shape index (κ3) is 8.59. The highest BCUT2D eigenvalue weighted by Crippen LogP contribution is 2.16. The van der Waals surface area contributed by atoms with Crippen LogP contribution in [0.5, 0.6) is 0 Å². The molecule has 0 saturated heterocycles. The van der Waals surface area contributed by atoms with Crippen molar-refractivity contribution in [1.82, 2.24) is 10.6 Å². The SMILES string of the molecule is C[C@H](NC(=O)CCCNC(=O)OC(C)(C)C)c1ccc(Br)cc1. The van der Waals surface area contributed by atoms with Crippen LogP contribution in [0.15, 0.2) is 28.7 Å². The molecule has 0 aliphatic rings. The number of carbonyl (C=O) groups is 2. The predicted molar refractivity (Wildman–Crippen MR) is 94.2 cm³/mol. The molecule has 0 spiro atoms. The molecule has 1 aromatic carbocycles. The smallest absolute Gasteiger partial charge is 0.407 e. The Labute approximate surface area is 146 Å². The van der Waals surface area contributed by atoms with E-state index in [-0.39, 0.29) is 11.9 Å². The summed E-state index contributed by atoms with van der Waals surface area (Å²) in [5, 5.41) is 5.58. The average molecular weight is 385 g/mol. The second-order valence-electron chi connectivity index (χ2n) is 6.37. The zero-order valence-electron chi connectivity index (χ0n) is 14.1. The number of rotatable bonds is 6. The lowest BCUT2D eigenvalue weighted by Crippen LogP contribution is -2.33. The number of alkyl carbamates (subject to hydrolysis) is 1. The van der Waals surface area contributed by atoms with Crippen molar-refractivity contribution >= 4 is 27.9 Å². The van der Waals surface area contributed by atoms with Crippen LogP contribution in [-0.2, 0) is 9.53 Å². The molecule has 23 heavy (non-hydrogen) atoms. The van der Waals surface area contributed by atoms with Crippen molar-refractivity contribution in [1.29, 1.82) is 0 Å². The maximum absolute atomic E-state index is 11.9. The van der Waals surface area contributed by atoms with Crippen molar-refractivity contribution in [2.24, 2.45) is 0 Å². The van der Waals surface area contributed by atoms with Crippen molar-refractivity contribution in [3.63, 3.8) is 0 Å². The molecule has 0 bridgehead atoms. The van der Waals surface area contributed by atoms with E-state index >= 15 is 0 Å². The summed E-state index contributed by atoms with van der Waals surface area (Å²) < 4.78 is 6.13. The van der Waals surface area contributed by atoms with Crippen LogP contribution in [0, 0.1) is 0 Å². The van der Waals surface area contributed by atoms with Gasteiger partial charge in [0.05, 0.1) is 6.04 Å². The van der Waals surface area contributed by atoms with Crippen LogP contribution in [0.1, 0.15) is 52.1 Å². The fourth-order valence-corrected chi connectivity index (χ4v) is 2.17. The van der Waals surface area contributed by atoms with E-state index in [0.717, 1.165) is 10.0 Å². The van der Waals surface area contributed by atoms with E-state index in [9.17, 15) is 9.59 Å². The number of halogens is 1. The van der Waals surface area contributed by atoms with Crippen LogP contribution in [0.3, 0.4) is 0 Å². The third-order valence-corrected chi connectivity index (χ3v) is 3.53. The van der Waals surface area contributed by atoms with Crippen LogP contribution in [-0.4, -0.2) is 24.1 Å². The Morgan fingerprint density at radius 2 is 1.83 bits per heavy atom. The lowest BCUT2D eigenvalue weighted by atomic mass is 10.1. The quantitative estimate of drug-likeness (QED) is 0.730. The summed E-state index contributed by atoms with van der Waals surface area (Å²) in [6, 6.07) is 7.79. The number of hydrogen-bond acceptors (Lipinski definition) is 3. The largest absolute Gasteiger partial charge is 0.444 e. The van der Waals surface area contributed by atoms with Gasteiger partial charge in [-0.25, -0.2) is 4.79 Å². The molecule has 0 aliphatic heterocycles. The van der Waals surface area contributed by atoms with Crippen LogP contribution in [0.25, 0.3) is 0 Å². The van der Waals surface area contributed by atoms with Crippen LogP contribution >= 0.6 is 15.9 Å². The Balaban J connectivity index is 2.24. The van der Waals surface area contributed by atoms with Gasteiger partial charge in [0.25, 0.3) is 0 Å². The normalized spacial score (nSPS) is 12.4. The van der Waals surface area contributed by atoms with Crippen molar-refractivity contribution < 1.29 is 14.3 Å². The van der Waals surface area contributed by atoms with Gasteiger partial charge in [-0.15, -0.1) is 0 Å². The molecule has 0 radical (unpaired) electrons. The monoisotopic (exact) mass is 384 g/mol. The van der Waals surface area contributed by atoms with E-state index in [2.05, 4.69) is 26.6 Å². The van der Waals surface area contributed by atoms with Crippen molar-refractivity contribution in [2.45, 2.75) is 52.2 Å². The van der Waals surface area contributed by atoms with E-state index in [1.807, 2.05) is 52.0 Å². The summed E-state index contributed by atoms with van der Waals surface area (Å²) in [6.07, 6.45) is 0.468. The molecule has 1 aromatic rings. The lowest BCUT2D eigenvalue weighted by molar-refractivity contribution is -0.121. The Morgan fingerprint density at radius 3 is 2.39 bits per heavy atom. The Morgan fingerprint density at radius 1 is 1.22 bits per heavy atom. The van der Waals surface area contributed by atoms with Crippen molar-refractivity contribution in [2.75, 3.05) is 6.54 Å². The van der Waals surface area contributed by atoms with Gasteiger partial charge < -0.3 is 15.4 Å². The molecule has 0 aromatic heterocycles. The second-order valence-corrected chi connectivity index (χ2v) is 7.29. The first-order chi connectivity index (χ1) is 10.7. The minimum absolute atomic E-state index is 0.0357. The topological polar surface area (TPSA) is 67.4 Å². The highest BCUT2D eigenvalue weighted by Gasteiger charge is 2.15. The number of carbonyl (C=O) groups excluding carboxylic acids is 2. The minimum atomic E-state index is -0.512. The summed E-state index contributed by atoms with van der Waals surface area (Å²) in [5.41, 5.74) is 0.537. The molecule has 0 unspecified atom stereocenters. The molecule has 128 valence electrons. The van der Waals surface area contributed by atoms with Gasteiger partial charge in [0, 0.05) is 17.4 Å². The molecule has 0 saturated carbocycles. The fourth-order valence-electron chi connectivity index (χ4n) is 1.90. The van der Waals surface area contributed by atoms with Crippen LogP contribution in [0.4, 0.5) is 4.79 Å². The van der Waals surface area contributed by atoms with Gasteiger partial charge in [0.1, 0.15) is 5.60 Å². The zero-order chi connectivity index (χ0) is 17.5. The standard InChI is InChI=1S/C17H25BrN2O3/c1-12(13-7-9-14(18)10-8-13)20-15(21)6-5-11-19-16(22)23-17(2,3)4/h7-10,12H,5-6,11H2,1-4H3,(H,19,22)(H,20,21)/t12-/m0/s1. The molecule has 1 rings (SSSR count). The van der Waals surface area contributed by atoms with Crippen LogP contribution < -0.4 is 10.6 Å². The first-order valence-electron chi connectivity index (χ1n) is 7.69. The van der Waals surface area contributed by atoms with Crippen LogP contribution in [0.2, 0.25) is 0 Å². The van der Waals surface area contributed by atoms with Gasteiger partial charge in [-0.05, 0) is 51.8 Å². The molecular formula is C17H25BrN2O3. The van der Waals surface area contributed by atoms with E-state index < -0.39 is 11.7 Å². The molecule has 0 fully saturated rings.